The van der Waals surface area contributed by atoms with Crippen LogP contribution >= 0.6 is 35.0 Å². The molecule has 6 heteroatoms. The maximum atomic E-state index is 11.5. The van der Waals surface area contributed by atoms with Gasteiger partial charge in [0.05, 0.1) is 5.75 Å². The molecule has 0 heterocycles. The SMILES string of the molecule is CCNCCNC(=O)CSCc1ccc(Cl)cc1Cl. The van der Waals surface area contributed by atoms with E-state index in [9.17, 15) is 4.79 Å². The van der Waals surface area contributed by atoms with Gasteiger partial charge in [0.1, 0.15) is 0 Å². The Bertz CT molecular complexity index is 416. The van der Waals surface area contributed by atoms with Gasteiger partial charge in [-0.15, -0.1) is 11.8 Å². The number of rotatable bonds is 8. The second-order valence-corrected chi connectivity index (χ2v) is 5.76. The molecule has 3 nitrogen and oxygen atoms in total. The Balaban J connectivity index is 2.20. The molecule has 0 bridgehead atoms. The topological polar surface area (TPSA) is 41.1 Å². The molecule has 1 amide bonds. The minimum Gasteiger partial charge on any atom is -0.354 e. The smallest absolute Gasteiger partial charge is 0.230 e. The molecule has 0 aromatic heterocycles. The molecule has 0 fully saturated rings. The van der Waals surface area contributed by atoms with Gasteiger partial charge >= 0.3 is 0 Å². The quantitative estimate of drug-likeness (QED) is 0.723. The standard InChI is InChI=1S/C13H18Cl2N2OS/c1-2-16-5-6-17-13(18)9-19-8-10-3-4-11(14)7-12(10)15/h3-4,7,16H,2,5-6,8-9H2,1H3,(H,17,18). The summed E-state index contributed by atoms with van der Waals surface area (Å²) in [6, 6.07) is 5.41. The molecule has 106 valence electrons. The number of halogens is 2. The molecule has 0 spiro atoms. The number of hydrogen-bond acceptors (Lipinski definition) is 3. The van der Waals surface area contributed by atoms with Crippen molar-refractivity contribution < 1.29 is 4.79 Å². The number of thioether (sulfide) groups is 1. The van der Waals surface area contributed by atoms with Gasteiger partial charge in [0.2, 0.25) is 5.91 Å². The van der Waals surface area contributed by atoms with Crippen molar-refractivity contribution >= 4 is 40.9 Å². The van der Waals surface area contributed by atoms with Crippen molar-refractivity contribution in [1.82, 2.24) is 10.6 Å². The summed E-state index contributed by atoms with van der Waals surface area (Å²) in [4.78, 5) is 11.5. The summed E-state index contributed by atoms with van der Waals surface area (Å²) in [5.74, 6) is 1.19. The first-order chi connectivity index (χ1) is 9.13. The lowest BCUT2D eigenvalue weighted by atomic mass is 10.2. The molecular formula is C13H18Cl2N2OS. The lowest BCUT2D eigenvalue weighted by molar-refractivity contribution is -0.118. The maximum absolute atomic E-state index is 11.5. The number of carbonyl (C=O) groups is 1. The van der Waals surface area contributed by atoms with Crippen LogP contribution in [0.25, 0.3) is 0 Å². The minimum absolute atomic E-state index is 0.0491. The molecule has 0 unspecified atom stereocenters. The molecule has 0 aliphatic rings. The van der Waals surface area contributed by atoms with Crippen molar-refractivity contribution in [1.29, 1.82) is 0 Å². The summed E-state index contributed by atoms with van der Waals surface area (Å²) in [5, 5.41) is 7.27. The largest absolute Gasteiger partial charge is 0.354 e. The molecule has 1 aromatic carbocycles. The van der Waals surface area contributed by atoms with E-state index in [0.717, 1.165) is 18.7 Å². The monoisotopic (exact) mass is 320 g/mol. The Labute approximate surface area is 128 Å². The zero-order chi connectivity index (χ0) is 14.1. The lowest BCUT2D eigenvalue weighted by Crippen LogP contribution is -2.32. The maximum Gasteiger partial charge on any atom is 0.230 e. The first-order valence-corrected chi connectivity index (χ1v) is 8.03. The summed E-state index contributed by atoms with van der Waals surface area (Å²) in [5.41, 5.74) is 0.997. The summed E-state index contributed by atoms with van der Waals surface area (Å²) in [7, 11) is 0. The Morgan fingerprint density at radius 1 is 1.32 bits per heavy atom. The number of nitrogens with one attached hydrogen (secondary N) is 2. The Morgan fingerprint density at radius 2 is 2.11 bits per heavy atom. The summed E-state index contributed by atoms with van der Waals surface area (Å²) < 4.78 is 0. The van der Waals surface area contributed by atoms with Crippen molar-refractivity contribution in [3.8, 4) is 0 Å². The summed E-state index contributed by atoms with van der Waals surface area (Å²) in [6.07, 6.45) is 0. The van der Waals surface area contributed by atoms with Crippen molar-refractivity contribution in [3.63, 3.8) is 0 Å². The molecule has 1 aromatic rings. The molecule has 0 radical (unpaired) electrons. The van der Waals surface area contributed by atoms with Crippen LogP contribution in [0, 0.1) is 0 Å². The van der Waals surface area contributed by atoms with Gasteiger partial charge in [-0.3, -0.25) is 4.79 Å². The van der Waals surface area contributed by atoms with E-state index in [1.807, 2.05) is 13.0 Å². The van der Waals surface area contributed by atoms with E-state index in [1.54, 1.807) is 12.1 Å². The van der Waals surface area contributed by atoms with Gasteiger partial charge in [0, 0.05) is 28.9 Å². The van der Waals surface area contributed by atoms with Gasteiger partial charge < -0.3 is 10.6 Å². The Hall–Kier alpha value is -0.420. The Kier molecular flexibility index (Phi) is 8.30. The Morgan fingerprint density at radius 3 is 2.79 bits per heavy atom. The highest BCUT2D eigenvalue weighted by atomic mass is 35.5. The van der Waals surface area contributed by atoms with Crippen LogP contribution in [0.4, 0.5) is 0 Å². The lowest BCUT2D eigenvalue weighted by Gasteiger charge is -2.06. The molecule has 2 N–H and O–H groups in total. The van der Waals surface area contributed by atoms with Crippen LogP contribution in [0.3, 0.4) is 0 Å². The van der Waals surface area contributed by atoms with E-state index in [2.05, 4.69) is 10.6 Å². The molecule has 0 aliphatic heterocycles. The van der Waals surface area contributed by atoms with Gasteiger partial charge in [0.15, 0.2) is 0 Å². The average molecular weight is 321 g/mol. The van der Waals surface area contributed by atoms with Crippen LogP contribution in [0.5, 0.6) is 0 Å². The zero-order valence-corrected chi connectivity index (χ0v) is 13.2. The van der Waals surface area contributed by atoms with Crippen molar-refractivity contribution in [2.75, 3.05) is 25.4 Å². The molecular weight excluding hydrogens is 303 g/mol. The van der Waals surface area contributed by atoms with Crippen molar-refractivity contribution in [3.05, 3.63) is 33.8 Å². The van der Waals surface area contributed by atoms with Crippen molar-refractivity contribution in [2.24, 2.45) is 0 Å². The van der Waals surface area contributed by atoms with E-state index >= 15 is 0 Å². The van der Waals surface area contributed by atoms with Crippen LogP contribution in [0.15, 0.2) is 18.2 Å². The first-order valence-electron chi connectivity index (χ1n) is 6.12. The second kappa shape index (κ2) is 9.48. The summed E-state index contributed by atoms with van der Waals surface area (Å²) in [6.45, 7) is 4.41. The van der Waals surface area contributed by atoms with E-state index in [4.69, 9.17) is 23.2 Å². The molecule has 0 saturated heterocycles. The van der Waals surface area contributed by atoms with Gasteiger partial charge in [-0.05, 0) is 24.2 Å². The highest BCUT2D eigenvalue weighted by Gasteiger charge is 2.04. The minimum atomic E-state index is 0.0491. The van der Waals surface area contributed by atoms with E-state index in [-0.39, 0.29) is 5.91 Å². The molecule has 19 heavy (non-hydrogen) atoms. The van der Waals surface area contributed by atoms with Crippen LogP contribution < -0.4 is 10.6 Å². The number of likely N-dealkylation sites (N-methyl/N-ethyl adjacent to an activating group) is 1. The first kappa shape index (κ1) is 16.6. The third-order valence-electron chi connectivity index (χ3n) is 2.38. The van der Waals surface area contributed by atoms with E-state index in [0.29, 0.717) is 28.1 Å². The summed E-state index contributed by atoms with van der Waals surface area (Å²) >= 11 is 13.4. The second-order valence-electron chi connectivity index (χ2n) is 3.93. The van der Waals surface area contributed by atoms with E-state index < -0.39 is 0 Å². The van der Waals surface area contributed by atoms with Crippen LogP contribution in [-0.2, 0) is 10.5 Å². The normalized spacial score (nSPS) is 10.5. The van der Waals surface area contributed by atoms with Crippen LogP contribution in [-0.4, -0.2) is 31.3 Å². The average Bonchev–Trinajstić information content (AvgIpc) is 2.37. The highest BCUT2D eigenvalue weighted by Crippen LogP contribution is 2.24. The van der Waals surface area contributed by atoms with E-state index in [1.165, 1.54) is 11.8 Å². The zero-order valence-electron chi connectivity index (χ0n) is 10.8. The number of amides is 1. The fraction of sp³-hybridized carbons (Fsp3) is 0.462. The molecule has 0 atom stereocenters. The third-order valence-corrected chi connectivity index (χ3v) is 3.95. The van der Waals surface area contributed by atoms with Gasteiger partial charge in [-0.2, -0.15) is 0 Å². The molecule has 1 rings (SSSR count). The van der Waals surface area contributed by atoms with Crippen molar-refractivity contribution in [2.45, 2.75) is 12.7 Å². The molecule has 0 aliphatic carbocycles. The predicted octanol–water partition coefficient (Wildman–Crippen LogP) is 2.95. The number of benzene rings is 1. The molecule has 0 saturated carbocycles. The fourth-order valence-corrected chi connectivity index (χ4v) is 2.83. The fourth-order valence-electron chi connectivity index (χ4n) is 1.41. The van der Waals surface area contributed by atoms with Crippen LogP contribution in [0.2, 0.25) is 10.0 Å². The van der Waals surface area contributed by atoms with Gasteiger partial charge in [-0.25, -0.2) is 0 Å². The highest BCUT2D eigenvalue weighted by molar-refractivity contribution is 7.99. The van der Waals surface area contributed by atoms with Gasteiger partial charge in [-0.1, -0.05) is 36.2 Å². The van der Waals surface area contributed by atoms with Crippen LogP contribution in [0.1, 0.15) is 12.5 Å². The van der Waals surface area contributed by atoms with Gasteiger partial charge in [0.25, 0.3) is 0 Å². The number of carbonyl (C=O) groups excluding carboxylic acids is 1. The third kappa shape index (κ3) is 7.06. The predicted molar refractivity (Wildman–Crippen MR) is 84.2 cm³/mol. The number of hydrogen-bond donors (Lipinski definition) is 2.